The van der Waals surface area contributed by atoms with Gasteiger partial charge in [0, 0.05) is 16.8 Å². The Hall–Kier alpha value is -1.55. The molecule has 0 unspecified atom stereocenters. The number of hydrogen-bond donors (Lipinski definition) is 2. The van der Waals surface area contributed by atoms with Crippen LogP contribution in [0.3, 0.4) is 0 Å². The van der Waals surface area contributed by atoms with E-state index in [-0.39, 0.29) is 0 Å². The highest BCUT2D eigenvalue weighted by Gasteiger charge is 2.14. The molecule has 0 bridgehead atoms. The van der Waals surface area contributed by atoms with Gasteiger partial charge in [-0.15, -0.1) is 0 Å². The van der Waals surface area contributed by atoms with Crippen LogP contribution in [0.25, 0.3) is 0 Å². The van der Waals surface area contributed by atoms with Crippen LogP contribution in [-0.4, -0.2) is 12.0 Å². The van der Waals surface area contributed by atoms with E-state index in [9.17, 15) is 4.79 Å². The van der Waals surface area contributed by atoms with Crippen LogP contribution >= 0.6 is 0 Å². The first-order chi connectivity index (χ1) is 8.66. The molecule has 1 fully saturated rings. The summed E-state index contributed by atoms with van der Waals surface area (Å²) in [6.45, 7) is 0.509. The molecule has 2 rings (SSSR count). The maximum Gasteiger partial charge on any atom is 0.248 e. The molecule has 18 heavy (non-hydrogen) atoms. The van der Waals surface area contributed by atoms with Crippen LogP contribution in [0.4, 0.5) is 5.69 Å². The number of anilines is 1. The first-order valence-electron chi connectivity index (χ1n) is 6.46. The molecular formula is C14H20N2O2. The fourth-order valence-corrected chi connectivity index (χ4v) is 2.32. The standard InChI is InChI=1S/C14H20N2O2/c15-13-8-10(14(16)17)6-7-11(13)9-18-12-4-2-1-3-5-12/h6-8,12H,1-5,9,15H2,(H2,16,17). The highest BCUT2D eigenvalue weighted by Crippen LogP contribution is 2.23. The molecule has 4 N–H and O–H groups in total. The van der Waals surface area contributed by atoms with Crippen molar-refractivity contribution in [2.45, 2.75) is 44.8 Å². The van der Waals surface area contributed by atoms with Crippen LogP contribution in [0.15, 0.2) is 18.2 Å². The Bertz CT molecular complexity index is 426. The van der Waals surface area contributed by atoms with Gasteiger partial charge in [0.1, 0.15) is 0 Å². The molecule has 98 valence electrons. The molecular weight excluding hydrogens is 228 g/mol. The zero-order valence-corrected chi connectivity index (χ0v) is 10.5. The van der Waals surface area contributed by atoms with Crippen molar-refractivity contribution in [3.8, 4) is 0 Å². The first-order valence-corrected chi connectivity index (χ1v) is 6.46. The zero-order chi connectivity index (χ0) is 13.0. The highest BCUT2D eigenvalue weighted by molar-refractivity contribution is 5.93. The number of carbonyl (C=O) groups excluding carboxylic acids is 1. The van der Waals surface area contributed by atoms with Crippen molar-refractivity contribution in [1.82, 2.24) is 0 Å². The molecule has 0 radical (unpaired) electrons. The molecule has 0 spiro atoms. The van der Waals surface area contributed by atoms with Crippen molar-refractivity contribution in [3.63, 3.8) is 0 Å². The van der Waals surface area contributed by atoms with Gasteiger partial charge in [-0.2, -0.15) is 0 Å². The Morgan fingerprint density at radius 1 is 1.28 bits per heavy atom. The fourth-order valence-electron chi connectivity index (χ4n) is 2.32. The topological polar surface area (TPSA) is 78.3 Å². The first kappa shape index (κ1) is 12.9. The average molecular weight is 248 g/mol. The van der Waals surface area contributed by atoms with Gasteiger partial charge in [0.15, 0.2) is 0 Å². The molecule has 0 aliphatic heterocycles. The molecule has 0 atom stereocenters. The smallest absolute Gasteiger partial charge is 0.248 e. The molecule has 0 aromatic heterocycles. The second-order valence-corrected chi connectivity index (χ2v) is 4.85. The number of nitrogen functional groups attached to an aromatic ring is 1. The third kappa shape index (κ3) is 3.23. The minimum atomic E-state index is -0.457. The summed E-state index contributed by atoms with van der Waals surface area (Å²) in [7, 11) is 0. The van der Waals surface area contributed by atoms with Gasteiger partial charge < -0.3 is 16.2 Å². The maximum absolute atomic E-state index is 11.0. The van der Waals surface area contributed by atoms with E-state index in [2.05, 4.69) is 0 Å². The number of benzene rings is 1. The lowest BCUT2D eigenvalue weighted by molar-refractivity contribution is 0.0171. The predicted octanol–water partition coefficient (Wildman–Crippen LogP) is 2.22. The fraction of sp³-hybridized carbons (Fsp3) is 0.500. The molecule has 1 aliphatic carbocycles. The number of amides is 1. The van der Waals surface area contributed by atoms with Gasteiger partial charge in [0.2, 0.25) is 5.91 Å². The Morgan fingerprint density at radius 2 is 2.00 bits per heavy atom. The summed E-state index contributed by atoms with van der Waals surface area (Å²) in [4.78, 5) is 11.0. The lowest BCUT2D eigenvalue weighted by Crippen LogP contribution is -2.17. The third-order valence-corrected chi connectivity index (χ3v) is 3.46. The van der Waals surface area contributed by atoms with Gasteiger partial charge in [0.05, 0.1) is 12.7 Å². The van der Waals surface area contributed by atoms with E-state index in [1.165, 1.54) is 19.3 Å². The Labute approximate surface area is 107 Å². The molecule has 4 nitrogen and oxygen atoms in total. The van der Waals surface area contributed by atoms with Crippen molar-refractivity contribution in [2.24, 2.45) is 5.73 Å². The van der Waals surface area contributed by atoms with E-state index in [0.29, 0.717) is 24.0 Å². The Morgan fingerprint density at radius 3 is 2.61 bits per heavy atom. The number of rotatable bonds is 4. The SMILES string of the molecule is NC(=O)c1ccc(COC2CCCCC2)c(N)c1. The van der Waals surface area contributed by atoms with Gasteiger partial charge in [-0.1, -0.05) is 25.3 Å². The van der Waals surface area contributed by atoms with Crippen molar-refractivity contribution in [3.05, 3.63) is 29.3 Å². The van der Waals surface area contributed by atoms with Crippen LogP contribution in [0.5, 0.6) is 0 Å². The van der Waals surface area contributed by atoms with E-state index in [1.54, 1.807) is 12.1 Å². The number of ether oxygens (including phenoxy) is 1. The number of nitrogens with two attached hydrogens (primary N) is 2. The summed E-state index contributed by atoms with van der Waals surface area (Å²) in [5, 5.41) is 0. The van der Waals surface area contributed by atoms with Crippen LogP contribution in [0.1, 0.15) is 48.0 Å². The molecule has 4 heteroatoms. The summed E-state index contributed by atoms with van der Waals surface area (Å²) in [5.74, 6) is -0.457. The monoisotopic (exact) mass is 248 g/mol. The maximum atomic E-state index is 11.0. The van der Waals surface area contributed by atoms with E-state index in [0.717, 1.165) is 18.4 Å². The van der Waals surface area contributed by atoms with Gasteiger partial charge in [0.25, 0.3) is 0 Å². The summed E-state index contributed by atoms with van der Waals surface area (Å²) < 4.78 is 5.85. The van der Waals surface area contributed by atoms with Crippen molar-refractivity contribution >= 4 is 11.6 Å². The van der Waals surface area contributed by atoms with E-state index >= 15 is 0 Å². The second-order valence-electron chi connectivity index (χ2n) is 4.85. The van der Waals surface area contributed by atoms with Crippen LogP contribution < -0.4 is 11.5 Å². The van der Waals surface area contributed by atoms with E-state index < -0.39 is 5.91 Å². The van der Waals surface area contributed by atoms with Gasteiger partial charge in [-0.25, -0.2) is 0 Å². The van der Waals surface area contributed by atoms with Gasteiger partial charge in [-0.3, -0.25) is 4.79 Å². The summed E-state index contributed by atoms with van der Waals surface area (Å²) >= 11 is 0. The molecule has 0 saturated heterocycles. The summed E-state index contributed by atoms with van der Waals surface area (Å²) in [5.41, 5.74) is 13.0. The van der Waals surface area contributed by atoms with Crippen molar-refractivity contribution < 1.29 is 9.53 Å². The number of primary amides is 1. The average Bonchev–Trinajstić information content (AvgIpc) is 2.38. The van der Waals surface area contributed by atoms with Crippen molar-refractivity contribution in [2.75, 3.05) is 5.73 Å². The molecule has 0 heterocycles. The molecule has 1 aliphatic rings. The van der Waals surface area contributed by atoms with Crippen LogP contribution in [0.2, 0.25) is 0 Å². The quantitative estimate of drug-likeness (QED) is 0.802. The Balaban J connectivity index is 1.94. The van der Waals surface area contributed by atoms with E-state index in [1.807, 2.05) is 6.07 Å². The summed E-state index contributed by atoms with van der Waals surface area (Å²) in [6.07, 6.45) is 6.45. The van der Waals surface area contributed by atoms with Gasteiger partial charge in [-0.05, 0) is 25.0 Å². The third-order valence-electron chi connectivity index (χ3n) is 3.46. The van der Waals surface area contributed by atoms with Gasteiger partial charge >= 0.3 is 0 Å². The number of hydrogen-bond acceptors (Lipinski definition) is 3. The lowest BCUT2D eigenvalue weighted by atomic mass is 9.98. The minimum absolute atomic E-state index is 0.356. The number of carbonyl (C=O) groups is 1. The Kier molecular flexibility index (Phi) is 4.20. The molecule has 1 amide bonds. The zero-order valence-electron chi connectivity index (χ0n) is 10.5. The predicted molar refractivity (Wildman–Crippen MR) is 71.0 cm³/mol. The molecule has 1 aromatic carbocycles. The normalized spacial score (nSPS) is 16.7. The second kappa shape index (κ2) is 5.87. The van der Waals surface area contributed by atoms with E-state index in [4.69, 9.17) is 16.2 Å². The highest BCUT2D eigenvalue weighted by atomic mass is 16.5. The van der Waals surface area contributed by atoms with Crippen LogP contribution in [-0.2, 0) is 11.3 Å². The molecule has 1 aromatic rings. The molecule has 1 saturated carbocycles. The largest absolute Gasteiger partial charge is 0.398 e. The van der Waals surface area contributed by atoms with Crippen molar-refractivity contribution in [1.29, 1.82) is 0 Å². The lowest BCUT2D eigenvalue weighted by Gasteiger charge is -2.22. The van der Waals surface area contributed by atoms with Crippen LogP contribution in [0, 0.1) is 0 Å². The minimum Gasteiger partial charge on any atom is -0.398 e. The summed E-state index contributed by atoms with van der Waals surface area (Å²) in [6, 6.07) is 5.12.